The van der Waals surface area contributed by atoms with Gasteiger partial charge < -0.3 is 24.7 Å². The highest BCUT2D eigenvalue weighted by Gasteiger charge is 2.46. The molecule has 0 radical (unpaired) electrons. The summed E-state index contributed by atoms with van der Waals surface area (Å²) in [5, 5.41) is 25.3. The molecule has 9 heteroatoms. The van der Waals surface area contributed by atoms with Crippen LogP contribution in [-0.4, -0.2) is 68.4 Å². The molecule has 4 aromatic carbocycles. The van der Waals surface area contributed by atoms with Crippen molar-refractivity contribution in [1.82, 2.24) is 9.80 Å². The Morgan fingerprint density at radius 3 is 1.65 bits per heavy atom. The van der Waals surface area contributed by atoms with E-state index in [9.17, 15) is 19.0 Å². The first-order valence-electron chi connectivity index (χ1n) is 18.5. The molecule has 4 unspecified atom stereocenters. The molecule has 2 fully saturated rings. The van der Waals surface area contributed by atoms with E-state index in [0.717, 1.165) is 67.3 Å². The Morgan fingerprint density at radius 2 is 1.17 bits per heavy atom. The first-order chi connectivity index (χ1) is 25.7. The summed E-state index contributed by atoms with van der Waals surface area (Å²) in [6.07, 6.45) is 9.30. The molecule has 2 saturated carbocycles. The van der Waals surface area contributed by atoms with Crippen molar-refractivity contribution < 1.29 is 23.7 Å². The minimum atomic E-state index is -1.31. The molecular formula is C45H52Cl2F2N2O3. The second kappa shape index (κ2) is 18.4. The SMILES string of the molecule is CN(C)CC1CCCC(=Cc2ccc(Cl)cc2)C1(O)c1cccc(F)c1.COc1ccc(F)cc1C1(O)C(=Cc2ccc(Cl)cc2)CCCC1CN(C)C. The molecule has 0 aliphatic heterocycles. The Morgan fingerprint density at radius 1 is 0.685 bits per heavy atom. The van der Waals surface area contributed by atoms with Crippen LogP contribution in [0.5, 0.6) is 5.75 Å². The van der Waals surface area contributed by atoms with Crippen molar-refractivity contribution in [1.29, 1.82) is 0 Å². The summed E-state index contributed by atoms with van der Waals surface area (Å²) < 4.78 is 33.6. The van der Waals surface area contributed by atoms with E-state index in [1.165, 1.54) is 24.3 Å². The molecule has 288 valence electrons. The van der Waals surface area contributed by atoms with Crippen LogP contribution in [0.3, 0.4) is 0 Å². The topological polar surface area (TPSA) is 56.2 Å². The van der Waals surface area contributed by atoms with Crippen LogP contribution in [0.15, 0.2) is 102 Å². The van der Waals surface area contributed by atoms with Gasteiger partial charge in [0.05, 0.1) is 7.11 Å². The molecule has 2 N–H and O–H groups in total. The van der Waals surface area contributed by atoms with Crippen molar-refractivity contribution in [2.24, 2.45) is 11.8 Å². The van der Waals surface area contributed by atoms with Gasteiger partial charge >= 0.3 is 0 Å². The predicted molar refractivity (Wildman–Crippen MR) is 218 cm³/mol. The van der Waals surface area contributed by atoms with Crippen molar-refractivity contribution >= 4 is 35.4 Å². The lowest BCUT2D eigenvalue weighted by molar-refractivity contribution is -0.0192. The van der Waals surface area contributed by atoms with Crippen molar-refractivity contribution in [3.63, 3.8) is 0 Å². The lowest BCUT2D eigenvalue weighted by Gasteiger charge is -2.44. The zero-order chi connectivity index (χ0) is 39.0. The minimum absolute atomic E-state index is 0.00611. The summed E-state index contributed by atoms with van der Waals surface area (Å²) >= 11 is 12.0. The smallest absolute Gasteiger partial charge is 0.125 e. The van der Waals surface area contributed by atoms with Gasteiger partial charge in [0.1, 0.15) is 28.6 Å². The third kappa shape index (κ3) is 9.81. The monoisotopic (exact) mass is 776 g/mol. The molecule has 0 saturated heterocycles. The van der Waals surface area contributed by atoms with Crippen LogP contribution in [0.1, 0.15) is 60.8 Å². The number of halogens is 4. The van der Waals surface area contributed by atoms with Crippen LogP contribution >= 0.6 is 23.2 Å². The summed E-state index contributed by atoms with van der Waals surface area (Å²) in [5.74, 6) is -0.283. The fourth-order valence-electron chi connectivity index (χ4n) is 8.13. The van der Waals surface area contributed by atoms with Gasteiger partial charge in [-0.1, -0.05) is 71.8 Å². The number of nitrogens with zero attached hydrogens (tertiary/aromatic N) is 2. The summed E-state index contributed by atoms with van der Waals surface area (Å²) in [7, 11) is 9.53. The lowest BCUT2D eigenvalue weighted by atomic mass is 9.67. The number of benzene rings is 4. The molecule has 2 aliphatic rings. The number of aliphatic hydroxyl groups is 2. The standard InChI is InChI=1S/C23H27ClFNO2.C22H25ClFNO/c1-26(2)15-18-6-4-5-17(13-16-7-9-19(24)10-8-16)23(18,27)21-14-20(25)11-12-22(21)28-3;1-25(2)15-19-7-3-5-17(13-16-9-11-20(23)12-10-16)22(19,26)18-6-4-8-21(24)14-18/h7-14,18,27H,4-6,15H2,1-3H3;4,6,8-14,19,26H,3,5,7,15H2,1-2H3. The molecule has 2 aliphatic carbocycles. The second-order valence-electron chi connectivity index (χ2n) is 15.0. The zero-order valence-electron chi connectivity index (χ0n) is 31.8. The molecule has 5 nitrogen and oxygen atoms in total. The van der Waals surface area contributed by atoms with E-state index in [0.29, 0.717) is 33.5 Å². The van der Waals surface area contributed by atoms with Gasteiger partial charge in [-0.25, -0.2) is 8.78 Å². The highest BCUT2D eigenvalue weighted by Crippen LogP contribution is 2.50. The van der Waals surface area contributed by atoms with Gasteiger partial charge in [0.25, 0.3) is 0 Å². The van der Waals surface area contributed by atoms with Gasteiger partial charge in [-0.15, -0.1) is 0 Å². The van der Waals surface area contributed by atoms with E-state index < -0.39 is 11.2 Å². The fraction of sp³-hybridized carbons (Fsp3) is 0.378. The molecule has 0 amide bonds. The van der Waals surface area contributed by atoms with Crippen molar-refractivity contribution in [2.75, 3.05) is 48.4 Å². The first kappa shape index (κ1) is 41.6. The Balaban J connectivity index is 0.000000208. The average molecular weight is 778 g/mol. The second-order valence-corrected chi connectivity index (χ2v) is 15.9. The van der Waals surface area contributed by atoms with Gasteiger partial charge in [0.2, 0.25) is 0 Å². The lowest BCUT2D eigenvalue weighted by Crippen LogP contribution is -2.45. The van der Waals surface area contributed by atoms with Crippen LogP contribution in [0.4, 0.5) is 8.78 Å². The van der Waals surface area contributed by atoms with E-state index in [4.69, 9.17) is 27.9 Å². The Kier molecular flexibility index (Phi) is 14.2. The van der Waals surface area contributed by atoms with Gasteiger partial charge in [-0.3, -0.25) is 0 Å². The quantitative estimate of drug-likeness (QED) is 0.177. The van der Waals surface area contributed by atoms with E-state index in [1.54, 1.807) is 19.2 Å². The van der Waals surface area contributed by atoms with Crippen LogP contribution < -0.4 is 4.74 Å². The number of methoxy groups -OCH3 is 1. The number of ether oxygens (including phenoxy) is 1. The van der Waals surface area contributed by atoms with Crippen LogP contribution in [0.25, 0.3) is 12.2 Å². The number of hydrogen-bond donors (Lipinski definition) is 2. The molecule has 4 aromatic rings. The predicted octanol–water partition coefficient (Wildman–Crippen LogP) is 10.2. The highest BCUT2D eigenvalue weighted by molar-refractivity contribution is 6.30. The third-order valence-corrected chi connectivity index (χ3v) is 11.1. The molecular weight excluding hydrogens is 725 g/mol. The fourth-order valence-corrected chi connectivity index (χ4v) is 8.38. The summed E-state index contributed by atoms with van der Waals surface area (Å²) in [6, 6.07) is 25.8. The summed E-state index contributed by atoms with van der Waals surface area (Å²) in [4.78, 5) is 4.15. The maximum Gasteiger partial charge on any atom is 0.125 e. The van der Waals surface area contributed by atoms with Crippen molar-refractivity contribution in [3.05, 3.63) is 146 Å². The van der Waals surface area contributed by atoms with Gasteiger partial charge in [-0.2, -0.15) is 0 Å². The maximum atomic E-state index is 14.2. The molecule has 0 bridgehead atoms. The number of hydrogen-bond acceptors (Lipinski definition) is 5. The average Bonchev–Trinajstić information content (AvgIpc) is 3.13. The zero-order valence-corrected chi connectivity index (χ0v) is 33.3. The van der Waals surface area contributed by atoms with Crippen molar-refractivity contribution in [3.8, 4) is 5.75 Å². The Bertz CT molecular complexity index is 1920. The van der Waals surface area contributed by atoms with Crippen LogP contribution in [0, 0.1) is 23.5 Å². The van der Waals surface area contributed by atoms with Crippen molar-refractivity contribution in [2.45, 2.75) is 49.7 Å². The number of rotatable bonds is 9. The molecule has 6 rings (SSSR count). The van der Waals surface area contributed by atoms with E-state index in [1.807, 2.05) is 94.9 Å². The molecule has 4 atom stereocenters. The highest BCUT2D eigenvalue weighted by atomic mass is 35.5. The summed E-state index contributed by atoms with van der Waals surface area (Å²) in [5.41, 5.74) is 2.38. The van der Waals surface area contributed by atoms with E-state index >= 15 is 0 Å². The molecule has 54 heavy (non-hydrogen) atoms. The third-order valence-electron chi connectivity index (χ3n) is 10.6. The normalized spacial score (nSPS) is 24.5. The molecule has 0 spiro atoms. The van der Waals surface area contributed by atoms with Crippen LogP contribution in [-0.2, 0) is 11.2 Å². The minimum Gasteiger partial charge on any atom is -0.496 e. The molecule has 0 heterocycles. The molecule has 0 aromatic heterocycles. The van der Waals surface area contributed by atoms with E-state index in [2.05, 4.69) is 9.80 Å². The maximum absolute atomic E-state index is 14.2. The van der Waals surface area contributed by atoms with Crippen LogP contribution in [0.2, 0.25) is 10.0 Å². The first-order valence-corrected chi connectivity index (χ1v) is 19.3. The summed E-state index contributed by atoms with van der Waals surface area (Å²) in [6.45, 7) is 1.43. The van der Waals surface area contributed by atoms with Gasteiger partial charge in [0, 0.05) is 40.5 Å². The Hall–Kier alpha value is -3.56. The Labute approximate surface area is 329 Å². The van der Waals surface area contributed by atoms with Gasteiger partial charge in [0.15, 0.2) is 0 Å². The van der Waals surface area contributed by atoms with Gasteiger partial charge in [-0.05, 0) is 149 Å². The largest absolute Gasteiger partial charge is 0.496 e. The van der Waals surface area contributed by atoms with E-state index in [-0.39, 0.29) is 23.5 Å².